The molecule has 0 aliphatic carbocycles. The molecule has 2 N–H and O–H groups in total. The Hall–Kier alpha value is -2.38. The lowest BCUT2D eigenvalue weighted by atomic mass is 9.90. The van der Waals surface area contributed by atoms with Crippen LogP contribution in [0.3, 0.4) is 0 Å². The van der Waals surface area contributed by atoms with Crippen molar-refractivity contribution in [3.8, 4) is 5.75 Å². The number of nitrogens with zero attached hydrogens (tertiary/aromatic N) is 2. The predicted octanol–water partition coefficient (Wildman–Crippen LogP) is 2.74. The largest absolute Gasteiger partial charge is 0.497 e. The fourth-order valence-corrected chi connectivity index (χ4v) is 4.08. The smallest absolute Gasteiger partial charge is 0.194 e. The molecule has 0 bridgehead atoms. The van der Waals surface area contributed by atoms with E-state index < -0.39 is 5.54 Å². The summed E-state index contributed by atoms with van der Waals surface area (Å²) in [6, 6.07) is 18.0. The molecule has 2 saturated heterocycles. The number of hydrazine groups is 1. The summed E-state index contributed by atoms with van der Waals surface area (Å²) in [5.74, 6) is 0.825. The molecule has 2 atom stereocenters. The maximum absolute atomic E-state index is 5.63. The van der Waals surface area contributed by atoms with Gasteiger partial charge in [-0.2, -0.15) is 0 Å². The van der Waals surface area contributed by atoms with Gasteiger partial charge >= 0.3 is 0 Å². The second-order valence-electron chi connectivity index (χ2n) is 6.20. The maximum Gasteiger partial charge on any atom is 0.194 e. The molecule has 2 unspecified atom stereocenters. The molecule has 25 heavy (non-hydrogen) atoms. The summed E-state index contributed by atoms with van der Waals surface area (Å²) in [6.07, 6.45) is -0.110. The third-order valence-electron chi connectivity index (χ3n) is 4.72. The number of para-hydroxylation sites is 1. The topological polar surface area (TPSA) is 39.8 Å². The Morgan fingerprint density at radius 1 is 1.00 bits per heavy atom. The molecule has 0 radical (unpaired) electrons. The predicted molar refractivity (Wildman–Crippen MR) is 106 cm³/mol. The van der Waals surface area contributed by atoms with Gasteiger partial charge in [0, 0.05) is 0 Å². The van der Waals surface area contributed by atoms with Crippen LogP contribution in [0, 0.1) is 0 Å². The maximum atomic E-state index is 5.63. The first-order valence-corrected chi connectivity index (χ1v) is 8.78. The highest BCUT2D eigenvalue weighted by Gasteiger charge is 2.55. The van der Waals surface area contributed by atoms with Crippen LogP contribution in [-0.4, -0.2) is 28.5 Å². The second kappa shape index (κ2) is 5.86. The Morgan fingerprint density at radius 3 is 2.32 bits per heavy atom. The van der Waals surface area contributed by atoms with Crippen molar-refractivity contribution in [2.75, 3.05) is 12.1 Å². The van der Waals surface area contributed by atoms with E-state index in [-0.39, 0.29) is 6.17 Å². The Labute approximate surface area is 157 Å². The van der Waals surface area contributed by atoms with Gasteiger partial charge in [-0.05, 0) is 61.2 Å². The van der Waals surface area contributed by atoms with Gasteiger partial charge in [-0.1, -0.05) is 30.3 Å². The van der Waals surface area contributed by atoms with Gasteiger partial charge in [0.2, 0.25) is 0 Å². The molecule has 2 aromatic carbocycles. The molecule has 0 spiro atoms. The van der Waals surface area contributed by atoms with Crippen molar-refractivity contribution < 1.29 is 4.74 Å². The SMILES string of the molecule is COc1ccc(C2(C)NC(=S)N3C2NC(=S)N3c2ccccc2)cc1. The average Bonchev–Trinajstić information content (AvgIpc) is 3.11. The van der Waals surface area contributed by atoms with Crippen LogP contribution in [0.4, 0.5) is 5.69 Å². The zero-order valence-corrected chi connectivity index (χ0v) is 15.5. The summed E-state index contributed by atoms with van der Waals surface area (Å²) in [7, 11) is 1.66. The number of hydrogen-bond donors (Lipinski definition) is 2. The van der Waals surface area contributed by atoms with E-state index in [0.717, 1.165) is 17.0 Å². The molecule has 128 valence electrons. The Balaban J connectivity index is 1.72. The van der Waals surface area contributed by atoms with E-state index in [1.807, 2.05) is 64.6 Å². The van der Waals surface area contributed by atoms with Gasteiger partial charge in [-0.3, -0.25) is 0 Å². The second-order valence-corrected chi connectivity index (χ2v) is 6.98. The number of ether oxygens (including phenoxy) is 1. The van der Waals surface area contributed by atoms with E-state index in [4.69, 9.17) is 29.2 Å². The first-order chi connectivity index (χ1) is 12.0. The van der Waals surface area contributed by atoms with Gasteiger partial charge in [0.1, 0.15) is 11.3 Å². The molecular weight excluding hydrogens is 352 g/mol. The van der Waals surface area contributed by atoms with E-state index >= 15 is 0 Å². The summed E-state index contributed by atoms with van der Waals surface area (Å²) < 4.78 is 5.26. The van der Waals surface area contributed by atoms with Crippen molar-refractivity contribution in [1.29, 1.82) is 0 Å². The van der Waals surface area contributed by atoms with Crippen LogP contribution < -0.4 is 20.4 Å². The molecule has 2 aliphatic heterocycles. The van der Waals surface area contributed by atoms with Crippen LogP contribution in [0.1, 0.15) is 12.5 Å². The van der Waals surface area contributed by atoms with Crippen molar-refractivity contribution >= 4 is 40.3 Å². The molecule has 0 amide bonds. The highest BCUT2D eigenvalue weighted by atomic mass is 32.1. The molecular formula is C18H18N4OS2. The average molecular weight is 371 g/mol. The molecule has 7 heteroatoms. The van der Waals surface area contributed by atoms with Gasteiger partial charge < -0.3 is 15.4 Å². The van der Waals surface area contributed by atoms with Gasteiger partial charge in [-0.25, -0.2) is 10.0 Å². The van der Waals surface area contributed by atoms with E-state index in [1.54, 1.807) is 7.11 Å². The third kappa shape index (κ3) is 2.42. The van der Waals surface area contributed by atoms with Crippen LogP contribution in [0.5, 0.6) is 5.75 Å². The Morgan fingerprint density at radius 2 is 1.68 bits per heavy atom. The number of anilines is 1. The van der Waals surface area contributed by atoms with E-state index in [9.17, 15) is 0 Å². The number of methoxy groups -OCH3 is 1. The number of benzene rings is 2. The lowest BCUT2D eigenvalue weighted by Crippen LogP contribution is -2.49. The van der Waals surface area contributed by atoms with Gasteiger partial charge in [0.25, 0.3) is 0 Å². The van der Waals surface area contributed by atoms with Crippen LogP contribution in [0.25, 0.3) is 0 Å². The molecule has 5 nitrogen and oxygen atoms in total. The normalized spacial score (nSPS) is 24.8. The van der Waals surface area contributed by atoms with Gasteiger partial charge in [-0.15, -0.1) is 0 Å². The standard InChI is InChI=1S/C18H18N4OS2/c1-18(12-8-10-14(23-2)11-9-12)15-19-16(24)21(22(15)17(25)20-18)13-6-4-3-5-7-13/h3-11,15H,1-2H3,(H,19,24)(H,20,25). The summed E-state index contributed by atoms with van der Waals surface area (Å²) in [4.78, 5) is 0. The minimum absolute atomic E-state index is 0.110. The molecule has 2 heterocycles. The molecule has 0 aromatic heterocycles. The summed E-state index contributed by atoms with van der Waals surface area (Å²) in [5, 5.41) is 12.1. The molecule has 2 aromatic rings. The fourth-order valence-electron chi connectivity index (χ4n) is 3.38. The monoisotopic (exact) mass is 370 g/mol. The van der Waals surface area contributed by atoms with E-state index in [0.29, 0.717) is 10.2 Å². The van der Waals surface area contributed by atoms with Crippen LogP contribution >= 0.6 is 24.4 Å². The quantitative estimate of drug-likeness (QED) is 0.805. The van der Waals surface area contributed by atoms with Crippen molar-refractivity contribution in [2.45, 2.75) is 18.6 Å². The number of fused-ring (bicyclic) bond motifs is 1. The Kier molecular flexibility index (Phi) is 3.77. The number of hydrogen-bond acceptors (Lipinski definition) is 3. The minimum Gasteiger partial charge on any atom is -0.497 e. The lowest BCUT2D eigenvalue weighted by molar-refractivity contribution is 0.264. The number of rotatable bonds is 3. The zero-order valence-electron chi connectivity index (χ0n) is 13.9. The zero-order chi connectivity index (χ0) is 17.6. The van der Waals surface area contributed by atoms with E-state index in [2.05, 4.69) is 17.6 Å². The summed E-state index contributed by atoms with van der Waals surface area (Å²) >= 11 is 11.2. The summed E-state index contributed by atoms with van der Waals surface area (Å²) in [6.45, 7) is 2.12. The first-order valence-electron chi connectivity index (χ1n) is 7.96. The molecule has 4 rings (SSSR count). The van der Waals surface area contributed by atoms with Gasteiger partial charge in [0.15, 0.2) is 16.4 Å². The fraction of sp³-hybridized carbons (Fsp3) is 0.222. The van der Waals surface area contributed by atoms with Crippen molar-refractivity contribution in [3.63, 3.8) is 0 Å². The van der Waals surface area contributed by atoms with Crippen LogP contribution in [-0.2, 0) is 5.54 Å². The highest BCUT2D eigenvalue weighted by Crippen LogP contribution is 2.38. The summed E-state index contributed by atoms with van der Waals surface area (Å²) in [5.41, 5.74) is 1.66. The Bertz CT molecular complexity index is 827. The molecule has 0 saturated carbocycles. The lowest BCUT2D eigenvalue weighted by Gasteiger charge is -2.31. The highest BCUT2D eigenvalue weighted by molar-refractivity contribution is 7.81. The van der Waals surface area contributed by atoms with Crippen molar-refractivity contribution in [2.24, 2.45) is 0 Å². The minimum atomic E-state index is -0.420. The van der Waals surface area contributed by atoms with Crippen LogP contribution in [0.15, 0.2) is 54.6 Å². The number of nitrogens with one attached hydrogen (secondary N) is 2. The van der Waals surface area contributed by atoms with Crippen molar-refractivity contribution in [3.05, 3.63) is 60.2 Å². The third-order valence-corrected chi connectivity index (χ3v) is 5.30. The first kappa shape index (κ1) is 16.1. The van der Waals surface area contributed by atoms with Gasteiger partial charge in [0.05, 0.1) is 12.8 Å². The molecule has 2 fully saturated rings. The molecule has 2 aliphatic rings. The van der Waals surface area contributed by atoms with Crippen LogP contribution in [0.2, 0.25) is 0 Å². The number of thiocarbonyl (C=S) groups is 2. The van der Waals surface area contributed by atoms with E-state index in [1.165, 1.54) is 0 Å². The van der Waals surface area contributed by atoms with Crippen molar-refractivity contribution in [1.82, 2.24) is 15.6 Å².